The van der Waals surface area contributed by atoms with Crippen LogP contribution in [0, 0.1) is 12.8 Å². The summed E-state index contributed by atoms with van der Waals surface area (Å²) in [6.07, 6.45) is 2.21. The predicted octanol–water partition coefficient (Wildman–Crippen LogP) is 2.25. The molecule has 2 aliphatic rings. The van der Waals surface area contributed by atoms with E-state index in [1.807, 2.05) is 36.1 Å². The van der Waals surface area contributed by atoms with Crippen molar-refractivity contribution in [1.82, 2.24) is 14.7 Å². The van der Waals surface area contributed by atoms with Crippen LogP contribution in [-0.2, 0) is 4.79 Å². The van der Waals surface area contributed by atoms with Gasteiger partial charge in [-0.2, -0.15) is 0 Å². The van der Waals surface area contributed by atoms with E-state index in [4.69, 9.17) is 4.74 Å². The minimum atomic E-state index is 0.109. The number of piperidine rings is 1. The summed E-state index contributed by atoms with van der Waals surface area (Å²) in [7, 11) is 2.21. The molecule has 0 radical (unpaired) electrons. The number of benzene rings is 1. The second kappa shape index (κ2) is 8.87. The van der Waals surface area contributed by atoms with Crippen molar-refractivity contribution in [2.24, 2.45) is 5.92 Å². The van der Waals surface area contributed by atoms with Crippen LogP contribution in [-0.4, -0.2) is 79.6 Å². The summed E-state index contributed by atoms with van der Waals surface area (Å²) in [6.45, 7) is 10.9. The Labute approximate surface area is 157 Å². The molecule has 2 saturated heterocycles. The standard InChI is InChI=1S/C21H33N3O2/c1-17-5-4-6-20(13-17)26-16-21(25)23-9-7-19(8-10-23)15-24-12-11-22(3)14-18(24)2/h4-6,13,18-19H,7-12,14-16H2,1-3H3/t18-/m1/s1. The first kappa shape index (κ1) is 19.2. The monoisotopic (exact) mass is 359 g/mol. The van der Waals surface area contributed by atoms with Crippen LogP contribution in [0.1, 0.15) is 25.3 Å². The summed E-state index contributed by atoms with van der Waals surface area (Å²) in [5.41, 5.74) is 1.15. The number of ether oxygens (including phenoxy) is 1. The highest BCUT2D eigenvalue weighted by molar-refractivity contribution is 5.77. The number of piperazine rings is 1. The molecule has 26 heavy (non-hydrogen) atoms. The minimum Gasteiger partial charge on any atom is -0.484 e. The molecule has 2 aliphatic heterocycles. The summed E-state index contributed by atoms with van der Waals surface area (Å²) >= 11 is 0. The van der Waals surface area contributed by atoms with E-state index in [0.29, 0.717) is 12.0 Å². The molecule has 0 N–H and O–H groups in total. The van der Waals surface area contributed by atoms with Crippen LogP contribution < -0.4 is 4.74 Å². The molecule has 0 aliphatic carbocycles. The lowest BCUT2D eigenvalue weighted by atomic mass is 9.95. The van der Waals surface area contributed by atoms with Crippen molar-refractivity contribution in [1.29, 1.82) is 0 Å². The first-order valence-electron chi connectivity index (χ1n) is 9.91. The van der Waals surface area contributed by atoms with E-state index >= 15 is 0 Å². The maximum atomic E-state index is 12.4. The maximum Gasteiger partial charge on any atom is 0.260 e. The zero-order valence-corrected chi connectivity index (χ0v) is 16.5. The number of carbonyl (C=O) groups is 1. The van der Waals surface area contributed by atoms with Gasteiger partial charge in [-0.3, -0.25) is 9.69 Å². The fraction of sp³-hybridized carbons (Fsp3) is 0.667. The fourth-order valence-electron chi connectivity index (χ4n) is 4.09. The number of amides is 1. The van der Waals surface area contributed by atoms with Gasteiger partial charge in [-0.15, -0.1) is 0 Å². The van der Waals surface area contributed by atoms with Gasteiger partial charge in [-0.1, -0.05) is 12.1 Å². The molecule has 1 aromatic rings. The number of likely N-dealkylation sites (N-methyl/N-ethyl adjacent to an activating group) is 1. The predicted molar refractivity (Wildman–Crippen MR) is 105 cm³/mol. The highest BCUT2D eigenvalue weighted by atomic mass is 16.5. The second-order valence-electron chi connectivity index (χ2n) is 8.04. The Morgan fingerprint density at radius 1 is 1.19 bits per heavy atom. The van der Waals surface area contributed by atoms with Crippen LogP contribution in [0.25, 0.3) is 0 Å². The van der Waals surface area contributed by atoms with Crippen molar-refractivity contribution in [3.63, 3.8) is 0 Å². The highest BCUT2D eigenvalue weighted by Gasteiger charge is 2.28. The molecule has 0 spiro atoms. The van der Waals surface area contributed by atoms with E-state index in [1.54, 1.807) is 0 Å². The Hall–Kier alpha value is -1.59. The van der Waals surface area contributed by atoms with Crippen LogP contribution in [0.15, 0.2) is 24.3 Å². The summed E-state index contributed by atoms with van der Waals surface area (Å²) in [4.78, 5) is 19.4. The van der Waals surface area contributed by atoms with Crippen LogP contribution >= 0.6 is 0 Å². The first-order chi connectivity index (χ1) is 12.5. The number of hydrogen-bond donors (Lipinski definition) is 0. The first-order valence-corrected chi connectivity index (χ1v) is 9.91. The smallest absolute Gasteiger partial charge is 0.260 e. The molecule has 1 aromatic carbocycles. The van der Waals surface area contributed by atoms with Crippen molar-refractivity contribution in [3.05, 3.63) is 29.8 Å². The average Bonchev–Trinajstić information content (AvgIpc) is 2.63. The van der Waals surface area contributed by atoms with Crippen molar-refractivity contribution < 1.29 is 9.53 Å². The van der Waals surface area contributed by atoms with Gasteiger partial charge in [0, 0.05) is 45.3 Å². The Kier molecular flexibility index (Phi) is 6.54. The normalized spacial score (nSPS) is 23.2. The summed E-state index contributed by atoms with van der Waals surface area (Å²) in [5.74, 6) is 1.60. The van der Waals surface area contributed by atoms with Gasteiger partial charge >= 0.3 is 0 Å². The van der Waals surface area contributed by atoms with Crippen LogP contribution in [0.3, 0.4) is 0 Å². The summed E-state index contributed by atoms with van der Waals surface area (Å²) in [5, 5.41) is 0. The number of carbonyl (C=O) groups excluding carboxylic acids is 1. The number of hydrogen-bond acceptors (Lipinski definition) is 4. The van der Waals surface area contributed by atoms with Gasteiger partial charge in [0.2, 0.25) is 0 Å². The topological polar surface area (TPSA) is 36.0 Å². The zero-order valence-electron chi connectivity index (χ0n) is 16.5. The molecule has 0 bridgehead atoms. The Morgan fingerprint density at radius 3 is 2.65 bits per heavy atom. The van der Waals surface area contributed by atoms with Gasteiger partial charge in [-0.05, 0) is 57.4 Å². The number of aryl methyl sites for hydroxylation is 1. The molecule has 2 fully saturated rings. The SMILES string of the molecule is Cc1cccc(OCC(=O)N2CCC(CN3CCN(C)C[C@H]3C)CC2)c1. The molecule has 0 unspecified atom stereocenters. The van der Waals surface area contributed by atoms with Gasteiger partial charge in [0.1, 0.15) is 5.75 Å². The Bertz CT molecular complexity index is 599. The fourth-order valence-corrected chi connectivity index (χ4v) is 4.09. The van der Waals surface area contributed by atoms with Gasteiger partial charge < -0.3 is 14.5 Å². The molecule has 144 valence electrons. The van der Waals surface area contributed by atoms with Crippen molar-refractivity contribution in [3.8, 4) is 5.75 Å². The zero-order chi connectivity index (χ0) is 18.5. The molecule has 2 heterocycles. The molecular weight excluding hydrogens is 326 g/mol. The lowest BCUT2D eigenvalue weighted by Crippen LogP contribution is -2.52. The van der Waals surface area contributed by atoms with Crippen molar-refractivity contribution in [2.45, 2.75) is 32.7 Å². The molecule has 0 saturated carbocycles. The number of likely N-dealkylation sites (tertiary alicyclic amines) is 1. The third-order valence-electron chi connectivity index (χ3n) is 5.78. The van der Waals surface area contributed by atoms with E-state index in [2.05, 4.69) is 23.8 Å². The van der Waals surface area contributed by atoms with Gasteiger partial charge in [0.25, 0.3) is 5.91 Å². The van der Waals surface area contributed by atoms with Crippen LogP contribution in [0.4, 0.5) is 0 Å². The quantitative estimate of drug-likeness (QED) is 0.808. The van der Waals surface area contributed by atoms with Crippen molar-refractivity contribution >= 4 is 5.91 Å². The highest BCUT2D eigenvalue weighted by Crippen LogP contribution is 2.21. The third-order valence-corrected chi connectivity index (χ3v) is 5.78. The lowest BCUT2D eigenvalue weighted by molar-refractivity contribution is -0.134. The minimum absolute atomic E-state index is 0.109. The van der Waals surface area contributed by atoms with Crippen molar-refractivity contribution in [2.75, 3.05) is 52.9 Å². The Balaban J connectivity index is 1.39. The Morgan fingerprint density at radius 2 is 1.96 bits per heavy atom. The molecular formula is C21H33N3O2. The number of rotatable bonds is 5. The molecule has 1 amide bonds. The van der Waals surface area contributed by atoms with Gasteiger partial charge in [0.05, 0.1) is 0 Å². The van der Waals surface area contributed by atoms with E-state index < -0.39 is 0 Å². The van der Waals surface area contributed by atoms with Crippen LogP contribution in [0.2, 0.25) is 0 Å². The van der Waals surface area contributed by atoms with E-state index in [-0.39, 0.29) is 12.5 Å². The summed E-state index contributed by atoms with van der Waals surface area (Å²) < 4.78 is 5.67. The second-order valence-corrected chi connectivity index (χ2v) is 8.04. The molecule has 5 heteroatoms. The molecule has 1 atom stereocenters. The average molecular weight is 360 g/mol. The maximum absolute atomic E-state index is 12.4. The van der Waals surface area contributed by atoms with Gasteiger partial charge in [-0.25, -0.2) is 0 Å². The van der Waals surface area contributed by atoms with Crippen LogP contribution in [0.5, 0.6) is 5.75 Å². The van der Waals surface area contributed by atoms with E-state index in [0.717, 1.165) is 50.3 Å². The summed E-state index contributed by atoms with van der Waals surface area (Å²) in [6, 6.07) is 8.50. The lowest BCUT2D eigenvalue weighted by Gasteiger charge is -2.41. The van der Waals surface area contributed by atoms with Gasteiger partial charge in [0.15, 0.2) is 6.61 Å². The number of nitrogens with zero attached hydrogens (tertiary/aromatic N) is 3. The molecule has 0 aromatic heterocycles. The molecule has 3 rings (SSSR count). The van der Waals surface area contributed by atoms with E-state index in [9.17, 15) is 4.79 Å². The largest absolute Gasteiger partial charge is 0.484 e. The van der Waals surface area contributed by atoms with E-state index in [1.165, 1.54) is 13.1 Å². The molecule has 5 nitrogen and oxygen atoms in total. The third kappa shape index (κ3) is 5.21.